The van der Waals surface area contributed by atoms with Gasteiger partial charge >= 0.3 is 5.97 Å². The van der Waals surface area contributed by atoms with Crippen molar-refractivity contribution in [1.82, 2.24) is 0 Å². The molecule has 6 heteroatoms. The first kappa shape index (κ1) is 16.7. The standard InChI is InChI=1S/C17H19NO5/c1-5-14(23-6-2)15-12-9-11(17(21)22-4)7-8-13(12)18(10(3)19)16(15)20/h7-9H,5-6H2,1-4H3/b15-14-. The Morgan fingerprint density at radius 1 is 1.22 bits per heavy atom. The molecule has 1 aromatic rings. The van der Waals surface area contributed by atoms with E-state index < -0.39 is 11.9 Å². The minimum absolute atomic E-state index is 0.314. The molecule has 6 nitrogen and oxygen atoms in total. The minimum atomic E-state index is -0.504. The Bertz CT molecular complexity index is 705. The molecule has 0 N–H and O–H groups in total. The highest BCUT2D eigenvalue weighted by Gasteiger charge is 2.38. The zero-order valence-electron chi connectivity index (χ0n) is 13.6. The highest BCUT2D eigenvalue weighted by molar-refractivity contribution is 6.40. The molecule has 1 aliphatic heterocycles. The lowest BCUT2D eigenvalue weighted by molar-refractivity contribution is -0.122. The lowest BCUT2D eigenvalue weighted by Gasteiger charge is -2.12. The van der Waals surface area contributed by atoms with Gasteiger partial charge in [-0.3, -0.25) is 9.59 Å². The molecular formula is C17H19NO5. The van der Waals surface area contributed by atoms with Crippen molar-refractivity contribution in [3.05, 3.63) is 35.1 Å². The summed E-state index contributed by atoms with van der Waals surface area (Å²) in [7, 11) is 1.29. The molecular weight excluding hydrogens is 298 g/mol. The van der Waals surface area contributed by atoms with Gasteiger partial charge in [-0.2, -0.15) is 0 Å². The molecule has 1 aliphatic rings. The maximum Gasteiger partial charge on any atom is 0.337 e. The predicted octanol–water partition coefficient (Wildman–Crippen LogP) is 2.52. The number of anilines is 1. The fourth-order valence-electron chi connectivity index (χ4n) is 2.62. The van der Waals surface area contributed by atoms with E-state index >= 15 is 0 Å². The summed E-state index contributed by atoms with van der Waals surface area (Å²) in [6.45, 7) is 5.42. The number of ether oxygens (including phenoxy) is 2. The molecule has 0 radical (unpaired) electrons. The van der Waals surface area contributed by atoms with Gasteiger partial charge in [0.05, 0.1) is 30.5 Å². The van der Waals surface area contributed by atoms with Gasteiger partial charge in [0.2, 0.25) is 5.91 Å². The molecule has 0 aromatic heterocycles. The van der Waals surface area contributed by atoms with Crippen molar-refractivity contribution in [3.63, 3.8) is 0 Å². The highest BCUT2D eigenvalue weighted by atomic mass is 16.5. The smallest absolute Gasteiger partial charge is 0.337 e. The van der Waals surface area contributed by atoms with E-state index in [1.165, 1.54) is 20.1 Å². The van der Waals surface area contributed by atoms with Crippen LogP contribution in [0.4, 0.5) is 5.69 Å². The number of nitrogens with zero attached hydrogens (tertiary/aromatic N) is 1. The van der Waals surface area contributed by atoms with E-state index in [-0.39, 0.29) is 5.91 Å². The Hall–Kier alpha value is -2.63. The summed E-state index contributed by atoms with van der Waals surface area (Å²) in [6, 6.07) is 4.67. The van der Waals surface area contributed by atoms with E-state index in [9.17, 15) is 14.4 Å². The summed E-state index contributed by atoms with van der Waals surface area (Å²) >= 11 is 0. The van der Waals surface area contributed by atoms with Gasteiger partial charge in [0.25, 0.3) is 5.91 Å². The number of rotatable bonds is 4. The van der Waals surface area contributed by atoms with Crippen LogP contribution in [0.3, 0.4) is 0 Å². The fourth-order valence-corrected chi connectivity index (χ4v) is 2.62. The van der Waals surface area contributed by atoms with Gasteiger partial charge in [0.15, 0.2) is 0 Å². The van der Waals surface area contributed by atoms with Crippen LogP contribution in [-0.4, -0.2) is 31.5 Å². The number of benzene rings is 1. The molecule has 0 unspecified atom stereocenters. The molecule has 2 amide bonds. The molecule has 2 rings (SSSR count). The molecule has 122 valence electrons. The number of esters is 1. The van der Waals surface area contributed by atoms with Crippen LogP contribution >= 0.6 is 0 Å². The molecule has 0 bridgehead atoms. The largest absolute Gasteiger partial charge is 0.497 e. The number of hydrogen-bond donors (Lipinski definition) is 0. The molecule has 0 spiro atoms. The van der Waals surface area contributed by atoms with E-state index in [0.29, 0.717) is 41.2 Å². The second kappa shape index (κ2) is 6.64. The molecule has 0 fully saturated rings. The molecule has 0 atom stereocenters. The van der Waals surface area contributed by atoms with Crippen LogP contribution in [0.2, 0.25) is 0 Å². The van der Waals surface area contributed by atoms with Crippen LogP contribution in [0, 0.1) is 0 Å². The van der Waals surface area contributed by atoms with E-state index in [2.05, 4.69) is 0 Å². The lowest BCUT2D eigenvalue weighted by Crippen LogP contribution is -2.31. The third-order valence-electron chi connectivity index (χ3n) is 3.58. The summed E-state index contributed by atoms with van der Waals surface area (Å²) in [6.07, 6.45) is 0.503. The number of hydrogen-bond acceptors (Lipinski definition) is 5. The maximum absolute atomic E-state index is 12.7. The molecule has 1 aromatic carbocycles. The molecule has 0 aliphatic carbocycles. The summed E-state index contributed by atoms with van der Waals surface area (Å²) in [5, 5.41) is 0. The van der Waals surface area contributed by atoms with Crippen LogP contribution in [0.5, 0.6) is 0 Å². The second-order valence-electron chi connectivity index (χ2n) is 4.97. The quantitative estimate of drug-likeness (QED) is 0.485. The molecule has 23 heavy (non-hydrogen) atoms. The van der Waals surface area contributed by atoms with Gasteiger partial charge in [-0.15, -0.1) is 0 Å². The number of imide groups is 1. The number of carbonyl (C=O) groups excluding carboxylic acids is 3. The zero-order valence-corrected chi connectivity index (χ0v) is 13.6. The molecule has 0 saturated heterocycles. The summed E-state index contributed by atoms with van der Waals surface area (Å²) in [4.78, 5) is 37.4. The van der Waals surface area contributed by atoms with Crippen molar-refractivity contribution in [1.29, 1.82) is 0 Å². The van der Waals surface area contributed by atoms with Gasteiger partial charge < -0.3 is 9.47 Å². The molecule has 0 saturated carbocycles. The Kier molecular flexibility index (Phi) is 4.83. The monoisotopic (exact) mass is 317 g/mol. The van der Waals surface area contributed by atoms with Crippen molar-refractivity contribution in [2.75, 3.05) is 18.6 Å². The summed E-state index contributed by atoms with van der Waals surface area (Å²) < 4.78 is 10.3. The Balaban J connectivity index is 2.71. The lowest BCUT2D eigenvalue weighted by atomic mass is 10.0. The Morgan fingerprint density at radius 2 is 1.91 bits per heavy atom. The van der Waals surface area contributed by atoms with Crippen molar-refractivity contribution >= 4 is 29.0 Å². The molecule has 1 heterocycles. The van der Waals surface area contributed by atoms with E-state index in [0.717, 1.165) is 4.90 Å². The van der Waals surface area contributed by atoms with E-state index in [1.54, 1.807) is 12.1 Å². The topological polar surface area (TPSA) is 72.9 Å². The van der Waals surface area contributed by atoms with Crippen molar-refractivity contribution in [3.8, 4) is 0 Å². The number of amides is 2. The van der Waals surface area contributed by atoms with Gasteiger partial charge in [0, 0.05) is 18.9 Å². The first-order chi connectivity index (χ1) is 11.0. The van der Waals surface area contributed by atoms with Gasteiger partial charge in [-0.25, -0.2) is 9.69 Å². The highest BCUT2D eigenvalue weighted by Crippen LogP contribution is 2.40. The number of carbonyl (C=O) groups is 3. The SMILES string of the molecule is CCO/C(CC)=C1\C(=O)N(C(C)=O)c2ccc(C(=O)OC)cc21. The van der Waals surface area contributed by atoms with Gasteiger partial charge in [-0.05, 0) is 25.1 Å². The average Bonchev–Trinajstić information content (AvgIpc) is 2.83. The Morgan fingerprint density at radius 3 is 2.43 bits per heavy atom. The first-order valence-electron chi connectivity index (χ1n) is 7.39. The van der Waals surface area contributed by atoms with Crippen LogP contribution in [0.1, 0.15) is 43.1 Å². The fraction of sp³-hybridized carbons (Fsp3) is 0.353. The number of allylic oxidation sites excluding steroid dienone is 1. The number of methoxy groups -OCH3 is 1. The second-order valence-corrected chi connectivity index (χ2v) is 4.97. The third kappa shape index (κ3) is 2.84. The van der Waals surface area contributed by atoms with Crippen LogP contribution < -0.4 is 4.90 Å². The number of fused-ring (bicyclic) bond motifs is 1. The average molecular weight is 317 g/mol. The Labute approximate surface area is 134 Å². The first-order valence-corrected chi connectivity index (χ1v) is 7.39. The minimum Gasteiger partial charge on any atom is -0.497 e. The van der Waals surface area contributed by atoms with Gasteiger partial charge in [0.1, 0.15) is 5.76 Å². The summed E-state index contributed by atoms with van der Waals surface area (Å²) in [5.41, 5.74) is 1.61. The normalized spacial score (nSPS) is 15.3. The van der Waals surface area contributed by atoms with E-state index in [4.69, 9.17) is 9.47 Å². The maximum atomic E-state index is 12.7. The van der Waals surface area contributed by atoms with Crippen LogP contribution in [0.25, 0.3) is 5.57 Å². The van der Waals surface area contributed by atoms with Crippen molar-refractivity contribution < 1.29 is 23.9 Å². The zero-order chi connectivity index (χ0) is 17.1. The van der Waals surface area contributed by atoms with Crippen LogP contribution in [-0.2, 0) is 19.1 Å². The van der Waals surface area contributed by atoms with Crippen molar-refractivity contribution in [2.24, 2.45) is 0 Å². The predicted molar refractivity (Wildman–Crippen MR) is 84.8 cm³/mol. The summed E-state index contributed by atoms with van der Waals surface area (Å²) in [5.74, 6) is -0.816. The van der Waals surface area contributed by atoms with E-state index in [1.807, 2.05) is 13.8 Å². The van der Waals surface area contributed by atoms with Crippen LogP contribution in [0.15, 0.2) is 24.0 Å². The third-order valence-corrected chi connectivity index (χ3v) is 3.58. The van der Waals surface area contributed by atoms with Crippen molar-refractivity contribution in [2.45, 2.75) is 27.2 Å². The van der Waals surface area contributed by atoms with Gasteiger partial charge in [-0.1, -0.05) is 6.92 Å².